The van der Waals surface area contributed by atoms with Crippen molar-refractivity contribution in [3.63, 3.8) is 0 Å². The molecule has 4 rings (SSSR count). The van der Waals surface area contributed by atoms with Crippen LogP contribution in [0.15, 0.2) is 76.2 Å². The van der Waals surface area contributed by atoms with Gasteiger partial charge >= 0.3 is 0 Å². The van der Waals surface area contributed by atoms with E-state index >= 15 is 0 Å². The van der Waals surface area contributed by atoms with E-state index in [1.54, 1.807) is 48.7 Å². The number of anilines is 1. The van der Waals surface area contributed by atoms with E-state index in [1.165, 1.54) is 12.1 Å². The first-order valence-electron chi connectivity index (χ1n) is 10.1. The molecule has 0 bridgehead atoms. The minimum absolute atomic E-state index is 0.0494. The molecule has 0 radical (unpaired) electrons. The number of sulfonamides is 1. The minimum atomic E-state index is -3.72. The van der Waals surface area contributed by atoms with Gasteiger partial charge in [-0.1, -0.05) is 12.1 Å². The summed E-state index contributed by atoms with van der Waals surface area (Å²) in [5.41, 5.74) is 0.747. The summed E-state index contributed by atoms with van der Waals surface area (Å²) in [6.45, 7) is 2.72. The Kier molecular flexibility index (Phi) is 5.73. The lowest BCUT2D eigenvalue weighted by Crippen LogP contribution is -2.34. The molecule has 2 aromatic carbocycles. The van der Waals surface area contributed by atoms with Gasteiger partial charge in [-0.2, -0.15) is 0 Å². The molecule has 0 saturated heterocycles. The fourth-order valence-electron chi connectivity index (χ4n) is 3.47. The Labute approximate surface area is 181 Å². The van der Waals surface area contributed by atoms with E-state index in [1.807, 2.05) is 13.0 Å². The molecule has 1 aliphatic rings. The van der Waals surface area contributed by atoms with Crippen molar-refractivity contribution in [1.82, 2.24) is 5.32 Å². The molecule has 7 nitrogen and oxygen atoms in total. The molecule has 1 amide bonds. The Morgan fingerprint density at radius 3 is 2.35 bits per heavy atom. The van der Waals surface area contributed by atoms with E-state index in [0.29, 0.717) is 30.3 Å². The lowest BCUT2D eigenvalue weighted by Gasteiger charge is -2.16. The quantitative estimate of drug-likeness (QED) is 0.527. The zero-order valence-corrected chi connectivity index (χ0v) is 17.9. The van der Waals surface area contributed by atoms with Gasteiger partial charge in [0.25, 0.3) is 10.0 Å². The lowest BCUT2D eigenvalue weighted by molar-refractivity contribution is -0.123. The zero-order chi connectivity index (χ0) is 21.9. The Bertz CT molecular complexity index is 1130. The molecule has 1 aromatic heterocycles. The number of carbonyl (C=O) groups is 1. The van der Waals surface area contributed by atoms with Crippen LogP contribution in [0.25, 0.3) is 0 Å². The number of hydrogen-bond acceptors (Lipinski definition) is 5. The maximum absolute atomic E-state index is 12.7. The molecule has 0 spiro atoms. The van der Waals surface area contributed by atoms with Crippen LogP contribution in [0.4, 0.5) is 5.69 Å². The predicted octanol–water partition coefficient (Wildman–Crippen LogP) is 3.83. The van der Waals surface area contributed by atoms with Crippen LogP contribution < -0.4 is 14.8 Å². The topological polar surface area (TPSA) is 97.6 Å². The summed E-state index contributed by atoms with van der Waals surface area (Å²) < 4.78 is 38.5. The molecule has 1 aliphatic carbocycles. The Hall–Kier alpha value is -3.26. The number of rotatable bonds is 9. The van der Waals surface area contributed by atoms with Crippen LogP contribution >= 0.6 is 0 Å². The average molecular weight is 441 g/mol. The van der Waals surface area contributed by atoms with Gasteiger partial charge in [0, 0.05) is 5.69 Å². The van der Waals surface area contributed by atoms with Gasteiger partial charge in [0.1, 0.15) is 11.5 Å². The molecule has 1 heterocycles. The third kappa shape index (κ3) is 4.59. The highest BCUT2D eigenvalue weighted by molar-refractivity contribution is 7.92. The number of furan rings is 1. The van der Waals surface area contributed by atoms with Gasteiger partial charge < -0.3 is 14.5 Å². The number of nitrogens with one attached hydrogen (secondary N) is 2. The minimum Gasteiger partial charge on any atom is -0.494 e. The van der Waals surface area contributed by atoms with Gasteiger partial charge in [-0.3, -0.25) is 9.52 Å². The van der Waals surface area contributed by atoms with Crippen molar-refractivity contribution < 1.29 is 22.4 Å². The largest absolute Gasteiger partial charge is 0.494 e. The predicted molar refractivity (Wildman–Crippen MR) is 116 cm³/mol. The Morgan fingerprint density at radius 2 is 1.77 bits per heavy atom. The van der Waals surface area contributed by atoms with Gasteiger partial charge in [-0.25, -0.2) is 8.42 Å². The van der Waals surface area contributed by atoms with Gasteiger partial charge in [0.2, 0.25) is 5.91 Å². The van der Waals surface area contributed by atoms with E-state index < -0.39 is 15.4 Å². The molecule has 1 fully saturated rings. The first kappa shape index (κ1) is 21.0. The first-order chi connectivity index (χ1) is 14.9. The van der Waals surface area contributed by atoms with Crippen molar-refractivity contribution in [1.29, 1.82) is 0 Å². The molecule has 162 valence electrons. The standard InChI is InChI=1S/C23H24N2O5S/c1-2-29-19-9-11-21(12-10-19)31(27,28)25-18-7-5-17(6-8-18)23(13-14-23)22(26)24-16-20-4-3-15-30-20/h3-12,15,25H,2,13-14,16H2,1H3,(H,24,26). The summed E-state index contributed by atoms with van der Waals surface area (Å²) in [6.07, 6.45) is 3.09. The summed E-state index contributed by atoms with van der Waals surface area (Å²) in [7, 11) is -3.72. The molecule has 1 saturated carbocycles. The normalized spacial score (nSPS) is 14.6. The van der Waals surface area contributed by atoms with Crippen molar-refractivity contribution >= 4 is 21.6 Å². The first-order valence-corrected chi connectivity index (χ1v) is 11.6. The smallest absolute Gasteiger partial charge is 0.261 e. The van der Waals surface area contributed by atoms with Crippen LogP contribution in [0.5, 0.6) is 5.75 Å². The zero-order valence-electron chi connectivity index (χ0n) is 17.1. The summed E-state index contributed by atoms with van der Waals surface area (Å²) in [6, 6.07) is 16.8. The summed E-state index contributed by atoms with van der Waals surface area (Å²) >= 11 is 0. The van der Waals surface area contributed by atoms with Crippen molar-refractivity contribution in [2.45, 2.75) is 36.6 Å². The van der Waals surface area contributed by atoms with E-state index in [2.05, 4.69) is 10.0 Å². The molecule has 2 N–H and O–H groups in total. The van der Waals surface area contributed by atoms with Crippen LogP contribution in [0.2, 0.25) is 0 Å². The van der Waals surface area contributed by atoms with Crippen LogP contribution in [-0.4, -0.2) is 20.9 Å². The molecular formula is C23H24N2O5S. The maximum atomic E-state index is 12.7. The second-order valence-corrected chi connectivity index (χ2v) is 9.11. The number of benzene rings is 2. The molecular weight excluding hydrogens is 416 g/mol. The Morgan fingerprint density at radius 1 is 1.06 bits per heavy atom. The molecule has 0 aliphatic heterocycles. The van der Waals surface area contributed by atoms with Crippen LogP contribution in [0.1, 0.15) is 31.1 Å². The summed E-state index contributed by atoms with van der Waals surface area (Å²) in [5.74, 6) is 1.26. The van der Waals surface area contributed by atoms with Crippen LogP contribution in [-0.2, 0) is 26.8 Å². The van der Waals surface area contributed by atoms with E-state index in [-0.39, 0.29) is 10.8 Å². The molecule has 31 heavy (non-hydrogen) atoms. The second kappa shape index (κ2) is 8.47. The van der Waals surface area contributed by atoms with E-state index in [0.717, 1.165) is 18.4 Å². The highest BCUT2D eigenvalue weighted by Crippen LogP contribution is 2.48. The summed E-state index contributed by atoms with van der Waals surface area (Å²) in [5, 5.41) is 2.92. The maximum Gasteiger partial charge on any atom is 0.261 e. The highest BCUT2D eigenvalue weighted by Gasteiger charge is 2.51. The number of ether oxygens (including phenoxy) is 1. The third-order valence-corrected chi connectivity index (χ3v) is 6.72. The molecule has 3 aromatic rings. The van der Waals surface area contributed by atoms with Gasteiger partial charge in [-0.05, 0) is 73.9 Å². The fourth-order valence-corrected chi connectivity index (χ4v) is 4.53. The number of amides is 1. The van der Waals surface area contributed by atoms with Crippen molar-refractivity contribution in [3.8, 4) is 5.75 Å². The van der Waals surface area contributed by atoms with E-state index in [4.69, 9.17) is 9.15 Å². The summed E-state index contributed by atoms with van der Waals surface area (Å²) in [4.78, 5) is 12.9. The molecule has 0 unspecified atom stereocenters. The van der Waals surface area contributed by atoms with Crippen molar-refractivity contribution in [3.05, 3.63) is 78.3 Å². The fraction of sp³-hybridized carbons (Fsp3) is 0.261. The monoisotopic (exact) mass is 440 g/mol. The third-order valence-electron chi connectivity index (χ3n) is 5.32. The average Bonchev–Trinajstić information content (AvgIpc) is 3.41. The van der Waals surface area contributed by atoms with Gasteiger partial charge in [0.05, 0.1) is 29.7 Å². The number of carbonyl (C=O) groups excluding carboxylic acids is 1. The van der Waals surface area contributed by atoms with E-state index in [9.17, 15) is 13.2 Å². The SMILES string of the molecule is CCOc1ccc(S(=O)(=O)Nc2ccc(C3(C(=O)NCc4ccco4)CC3)cc2)cc1. The highest BCUT2D eigenvalue weighted by atomic mass is 32.2. The van der Waals surface area contributed by atoms with Crippen LogP contribution in [0, 0.1) is 0 Å². The molecule has 8 heteroatoms. The molecule has 0 atom stereocenters. The van der Waals surface area contributed by atoms with Crippen LogP contribution in [0.3, 0.4) is 0 Å². The van der Waals surface area contributed by atoms with Crippen molar-refractivity contribution in [2.24, 2.45) is 0 Å². The lowest BCUT2D eigenvalue weighted by atomic mass is 9.95. The van der Waals surface area contributed by atoms with Gasteiger partial charge in [0.15, 0.2) is 0 Å². The number of hydrogen-bond donors (Lipinski definition) is 2. The Balaban J connectivity index is 1.42. The second-order valence-electron chi connectivity index (χ2n) is 7.43. The van der Waals surface area contributed by atoms with Gasteiger partial charge in [-0.15, -0.1) is 0 Å². The van der Waals surface area contributed by atoms with Crippen molar-refractivity contribution in [2.75, 3.05) is 11.3 Å².